The summed E-state index contributed by atoms with van der Waals surface area (Å²) in [6.45, 7) is 5.17. The Morgan fingerprint density at radius 1 is 1.47 bits per heavy atom. The van der Waals surface area contributed by atoms with Crippen LogP contribution in [0.15, 0.2) is 4.90 Å². The van der Waals surface area contributed by atoms with Crippen LogP contribution in [0.5, 0.6) is 0 Å². The SMILES string of the molecule is Cc1nn(C)c(Cl)c1S(=O)(=O)N1CCNC(C)C1.Cl. The number of aromatic nitrogens is 2. The summed E-state index contributed by atoms with van der Waals surface area (Å²) in [6.07, 6.45) is 0. The Labute approximate surface area is 124 Å². The molecule has 2 heterocycles. The molecule has 0 radical (unpaired) electrons. The van der Waals surface area contributed by atoms with Gasteiger partial charge in [-0.2, -0.15) is 9.40 Å². The Balaban J connectivity index is 0.00000180. The first-order valence-electron chi connectivity index (χ1n) is 5.76. The van der Waals surface area contributed by atoms with Gasteiger partial charge in [-0.1, -0.05) is 11.6 Å². The Morgan fingerprint density at radius 2 is 2.11 bits per heavy atom. The molecule has 0 amide bonds. The van der Waals surface area contributed by atoms with Gasteiger partial charge >= 0.3 is 0 Å². The van der Waals surface area contributed by atoms with Crippen LogP contribution in [0, 0.1) is 6.92 Å². The fourth-order valence-electron chi connectivity index (χ4n) is 2.15. The lowest BCUT2D eigenvalue weighted by Crippen LogP contribution is -2.51. The quantitative estimate of drug-likeness (QED) is 0.871. The lowest BCUT2D eigenvalue weighted by molar-refractivity contribution is 0.310. The normalized spacial score (nSPS) is 21.2. The van der Waals surface area contributed by atoms with Crippen molar-refractivity contribution in [3.63, 3.8) is 0 Å². The second-order valence-electron chi connectivity index (χ2n) is 4.55. The number of aryl methyl sites for hydroxylation is 2. The highest BCUT2D eigenvalue weighted by Gasteiger charge is 2.33. The third-order valence-electron chi connectivity index (χ3n) is 3.03. The molecule has 0 bridgehead atoms. The first-order chi connectivity index (χ1) is 8.34. The Bertz CT molecular complexity index is 558. The highest BCUT2D eigenvalue weighted by atomic mass is 35.5. The van der Waals surface area contributed by atoms with Gasteiger partial charge in [0.15, 0.2) is 0 Å². The van der Waals surface area contributed by atoms with E-state index in [9.17, 15) is 8.42 Å². The molecule has 0 spiro atoms. The lowest BCUT2D eigenvalue weighted by atomic mass is 10.3. The smallest absolute Gasteiger partial charge is 0.248 e. The topological polar surface area (TPSA) is 67.2 Å². The minimum atomic E-state index is -3.56. The van der Waals surface area contributed by atoms with Gasteiger partial charge in [-0.3, -0.25) is 4.68 Å². The number of nitrogens with zero attached hydrogens (tertiary/aromatic N) is 3. The van der Waals surface area contributed by atoms with Crippen LogP contribution in [-0.2, 0) is 17.1 Å². The zero-order valence-electron chi connectivity index (χ0n) is 11.1. The van der Waals surface area contributed by atoms with E-state index in [1.54, 1.807) is 14.0 Å². The summed E-state index contributed by atoms with van der Waals surface area (Å²) in [5.74, 6) is 0. The van der Waals surface area contributed by atoms with Crippen molar-refractivity contribution in [2.75, 3.05) is 19.6 Å². The Hall–Kier alpha value is -0.340. The number of hydrogen-bond acceptors (Lipinski definition) is 4. The van der Waals surface area contributed by atoms with E-state index < -0.39 is 10.0 Å². The summed E-state index contributed by atoms with van der Waals surface area (Å²) in [7, 11) is -1.92. The van der Waals surface area contributed by atoms with E-state index in [4.69, 9.17) is 11.6 Å². The predicted octanol–water partition coefficient (Wildman–Crippen LogP) is 0.786. The summed E-state index contributed by atoms with van der Waals surface area (Å²) in [6, 6.07) is 0.143. The molecule has 1 atom stereocenters. The maximum Gasteiger partial charge on any atom is 0.248 e. The van der Waals surface area contributed by atoms with E-state index in [1.807, 2.05) is 6.92 Å². The average Bonchev–Trinajstić information content (AvgIpc) is 2.53. The van der Waals surface area contributed by atoms with E-state index in [-0.39, 0.29) is 28.5 Å². The van der Waals surface area contributed by atoms with Gasteiger partial charge in [0.25, 0.3) is 0 Å². The van der Waals surface area contributed by atoms with Gasteiger partial charge in [0.1, 0.15) is 10.0 Å². The maximum absolute atomic E-state index is 12.5. The Kier molecular flexibility index (Phi) is 5.25. The predicted molar refractivity (Wildman–Crippen MR) is 76.4 cm³/mol. The lowest BCUT2D eigenvalue weighted by Gasteiger charge is -2.30. The van der Waals surface area contributed by atoms with Crippen molar-refractivity contribution in [1.29, 1.82) is 0 Å². The van der Waals surface area contributed by atoms with Crippen LogP contribution in [0.4, 0.5) is 0 Å². The molecule has 19 heavy (non-hydrogen) atoms. The summed E-state index contributed by atoms with van der Waals surface area (Å²) >= 11 is 6.03. The second-order valence-corrected chi connectivity index (χ2v) is 6.78. The molecule has 1 N–H and O–H groups in total. The van der Waals surface area contributed by atoms with E-state index in [1.165, 1.54) is 8.99 Å². The van der Waals surface area contributed by atoms with Crippen molar-refractivity contribution in [3.8, 4) is 0 Å². The van der Waals surface area contributed by atoms with E-state index in [2.05, 4.69) is 10.4 Å². The van der Waals surface area contributed by atoms with Crippen molar-refractivity contribution in [3.05, 3.63) is 10.8 Å². The monoisotopic (exact) mass is 328 g/mol. The van der Waals surface area contributed by atoms with Gasteiger partial charge < -0.3 is 5.32 Å². The summed E-state index contributed by atoms with van der Waals surface area (Å²) in [5, 5.41) is 7.43. The van der Waals surface area contributed by atoms with Gasteiger partial charge in [-0.25, -0.2) is 8.42 Å². The van der Waals surface area contributed by atoms with Crippen molar-refractivity contribution in [2.45, 2.75) is 24.8 Å². The maximum atomic E-state index is 12.5. The summed E-state index contributed by atoms with van der Waals surface area (Å²) in [4.78, 5) is 0.126. The molecule has 0 saturated carbocycles. The van der Waals surface area contributed by atoms with Crippen LogP contribution in [0.25, 0.3) is 0 Å². The van der Waals surface area contributed by atoms with E-state index >= 15 is 0 Å². The highest BCUT2D eigenvalue weighted by molar-refractivity contribution is 7.89. The standard InChI is InChI=1S/C10H17ClN4O2S.ClH/c1-7-6-15(5-4-12-7)18(16,17)9-8(2)13-14(3)10(9)11;/h7,12H,4-6H2,1-3H3;1H. The molecule has 2 rings (SSSR count). The molecule has 1 aromatic rings. The van der Waals surface area contributed by atoms with Crippen molar-refractivity contribution < 1.29 is 8.42 Å². The fraction of sp³-hybridized carbons (Fsp3) is 0.700. The molecule has 1 aliphatic heterocycles. The van der Waals surface area contributed by atoms with Crippen molar-refractivity contribution >= 4 is 34.0 Å². The second kappa shape index (κ2) is 5.97. The third kappa shape index (κ3) is 3.05. The fourth-order valence-corrected chi connectivity index (χ4v) is 4.38. The van der Waals surface area contributed by atoms with Gasteiger partial charge in [-0.05, 0) is 13.8 Å². The van der Waals surface area contributed by atoms with Crippen LogP contribution in [-0.4, -0.2) is 48.2 Å². The van der Waals surface area contributed by atoms with Crippen LogP contribution >= 0.6 is 24.0 Å². The summed E-state index contributed by atoms with van der Waals surface area (Å²) in [5.41, 5.74) is 0.439. The zero-order chi connectivity index (χ0) is 13.5. The molecule has 9 heteroatoms. The number of hydrogen-bond donors (Lipinski definition) is 1. The molecular formula is C10H18Cl2N4O2S. The largest absolute Gasteiger partial charge is 0.312 e. The van der Waals surface area contributed by atoms with Crippen LogP contribution in [0.3, 0.4) is 0 Å². The molecule has 1 aliphatic rings. The third-order valence-corrected chi connectivity index (χ3v) is 5.59. The van der Waals surface area contributed by atoms with Crippen LogP contribution < -0.4 is 5.32 Å². The molecular weight excluding hydrogens is 311 g/mol. The van der Waals surface area contributed by atoms with Crippen molar-refractivity contribution in [1.82, 2.24) is 19.4 Å². The van der Waals surface area contributed by atoms with Crippen LogP contribution in [0.1, 0.15) is 12.6 Å². The molecule has 1 aromatic heterocycles. The van der Waals surface area contributed by atoms with Gasteiger partial charge in [0.2, 0.25) is 10.0 Å². The number of rotatable bonds is 2. The first-order valence-corrected chi connectivity index (χ1v) is 7.58. The molecule has 0 aliphatic carbocycles. The Morgan fingerprint density at radius 3 is 2.58 bits per heavy atom. The van der Waals surface area contributed by atoms with Gasteiger partial charge in [0.05, 0.1) is 5.69 Å². The number of sulfonamides is 1. The zero-order valence-corrected chi connectivity index (χ0v) is 13.4. The average molecular weight is 329 g/mol. The molecule has 6 nitrogen and oxygen atoms in total. The summed E-state index contributed by atoms with van der Waals surface area (Å²) < 4.78 is 27.9. The molecule has 110 valence electrons. The van der Waals surface area contributed by atoms with Gasteiger partial charge in [-0.15, -0.1) is 12.4 Å². The highest BCUT2D eigenvalue weighted by Crippen LogP contribution is 2.27. The molecule has 1 unspecified atom stereocenters. The number of nitrogens with one attached hydrogen (secondary N) is 1. The molecule has 1 fully saturated rings. The molecule has 1 saturated heterocycles. The number of halogens is 2. The minimum Gasteiger partial charge on any atom is -0.312 e. The molecule has 0 aromatic carbocycles. The van der Waals surface area contributed by atoms with E-state index in [0.717, 1.165) is 0 Å². The van der Waals surface area contributed by atoms with Gasteiger partial charge in [0, 0.05) is 32.7 Å². The van der Waals surface area contributed by atoms with E-state index in [0.29, 0.717) is 25.3 Å². The van der Waals surface area contributed by atoms with Crippen LogP contribution in [0.2, 0.25) is 5.15 Å². The first kappa shape index (κ1) is 16.7. The number of piperazine rings is 1. The minimum absolute atomic E-state index is 0. The van der Waals surface area contributed by atoms with Crippen molar-refractivity contribution in [2.24, 2.45) is 7.05 Å².